The Morgan fingerprint density at radius 3 is 2.83 bits per heavy atom. The number of alkyl halides is 1. The molecule has 0 radical (unpaired) electrons. The molecule has 2 aliphatic carbocycles. The van der Waals surface area contributed by atoms with Gasteiger partial charge in [0.05, 0.1) is 5.92 Å². The van der Waals surface area contributed by atoms with Crippen molar-refractivity contribution in [2.45, 2.75) is 55.9 Å². The number of nitrogens with two attached hydrogens (primary N) is 1. The van der Waals surface area contributed by atoms with Crippen molar-refractivity contribution in [1.82, 2.24) is 0 Å². The number of halogens is 1. The third-order valence-electron chi connectivity index (χ3n) is 5.28. The summed E-state index contributed by atoms with van der Waals surface area (Å²) >= 11 is 6.25. The average Bonchev–Trinajstić information content (AvgIpc) is 2.60. The van der Waals surface area contributed by atoms with Gasteiger partial charge in [0.25, 0.3) is 0 Å². The first-order valence-corrected chi connectivity index (χ1v) is 9.05. The van der Waals surface area contributed by atoms with Crippen LogP contribution in [0.2, 0.25) is 0 Å². The Balaban J connectivity index is 1.66. The lowest BCUT2D eigenvalue weighted by Crippen LogP contribution is -2.42. The molecule has 132 valence electrons. The van der Waals surface area contributed by atoms with Crippen molar-refractivity contribution in [1.29, 1.82) is 0 Å². The molecular formula is C18H24ClNO4. The molecule has 1 amide bonds. The van der Waals surface area contributed by atoms with Crippen molar-refractivity contribution < 1.29 is 19.1 Å². The molecule has 1 aliphatic heterocycles. The van der Waals surface area contributed by atoms with Gasteiger partial charge >= 0.3 is 0 Å². The summed E-state index contributed by atoms with van der Waals surface area (Å²) in [6, 6.07) is 0. The predicted molar refractivity (Wildman–Crippen MR) is 90.1 cm³/mol. The number of amides is 1. The van der Waals surface area contributed by atoms with Gasteiger partial charge in [0.15, 0.2) is 5.76 Å². The van der Waals surface area contributed by atoms with E-state index in [0.717, 1.165) is 12.7 Å². The molecule has 3 atom stereocenters. The monoisotopic (exact) mass is 353 g/mol. The predicted octanol–water partition coefficient (Wildman–Crippen LogP) is 2.82. The fraction of sp³-hybridized carbons (Fsp3) is 0.667. The summed E-state index contributed by atoms with van der Waals surface area (Å²) in [5.74, 6) is 0.847. The number of hydrogen-bond acceptors (Lipinski definition) is 4. The number of aldehydes is 1. The molecule has 3 rings (SSSR count). The standard InChI is InChI=1S/C18H24ClNO4/c19-18(17(20)22)7-6-14-15(9-18)24-16(11-23-14)13(10-21)8-12-4-2-1-3-5-12/h6-7,10,12-13,16H,1-5,8-9,11H2,(H2,20,22). The maximum absolute atomic E-state index is 11.6. The van der Waals surface area contributed by atoms with Crippen molar-refractivity contribution >= 4 is 23.8 Å². The van der Waals surface area contributed by atoms with Crippen molar-refractivity contribution in [2.24, 2.45) is 17.6 Å². The maximum atomic E-state index is 11.6. The van der Waals surface area contributed by atoms with Gasteiger partial charge in [-0.1, -0.05) is 38.2 Å². The van der Waals surface area contributed by atoms with Gasteiger partial charge in [-0.3, -0.25) is 4.79 Å². The molecule has 6 heteroatoms. The molecule has 0 aromatic heterocycles. The third kappa shape index (κ3) is 3.61. The largest absolute Gasteiger partial charge is 0.487 e. The minimum atomic E-state index is -1.29. The molecule has 2 N–H and O–H groups in total. The second-order valence-electron chi connectivity index (χ2n) is 7.03. The van der Waals surface area contributed by atoms with Crippen LogP contribution < -0.4 is 5.73 Å². The van der Waals surface area contributed by atoms with Crippen LogP contribution in [0.3, 0.4) is 0 Å². The van der Waals surface area contributed by atoms with Gasteiger partial charge in [0.2, 0.25) is 5.91 Å². The first-order chi connectivity index (χ1) is 11.5. The van der Waals surface area contributed by atoms with E-state index in [9.17, 15) is 9.59 Å². The van der Waals surface area contributed by atoms with Crippen LogP contribution >= 0.6 is 11.6 Å². The van der Waals surface area contributed by atoms with Gasteiger partial charge in [-0.2, -0.15) is 0 Å². The Bertz CT molecular complexity index is 567. The number of rotatable bonds is 5. The smallest absolute Gasteiger partial charge is 0.243 e. The molecule has 0 saturated heterocycles. The molecule has 0 aromatic carbocycles. The van der Waals surface area contributed by atoms with E-state index < -0.39 is 10.8 Å². The summed E-state index contributed by atoms with van der Waals surface area (Å²) in [5.41, 5.74) is 5.37. The van der Waals surface area contributed by atoms with Crippen LogP contribution in [-0.4, -0.2) is 29.8 Å². The van der Waals surface area contributed by atoms with E-state index >= 15 is 0 Å². The van der Waals surface area contributed by atoms with E-state index in [1.165, 1.54) is 32.1 Å². The highest BCUT2D eigenvalue weighted by Crippen LogP contribution is 2.38. The van der Waals surface area contributed by atoms with Crippen LogP contribution in [0.4, 0.5) is 0 Å². The topological polar surface area (TPSA) is 78.6 Å². The summed E-state index contributed by atoms with van der Waals surface area (Å²) in [5, 5.41) is 0. The van der Waals surface area contributed by atoms with Crippen molar-refractivity contribution in [3.63, 3.8) is 0 Å². The van der Waals surface area contributed by atoms with E-state index in [1.807, 2.05) is 0 Å². The van der Waals surface area contributed by atoms with Crippen LogP contribution in [0.1, 0.15) is 44.9 Å². The number of primary amides is 1. The molecular weight excluding hydrogens is 330 g/mol. The molecule has 5 nitrogen and oxygen atoms in total. The van der Waals surface area contributed by atoms with Gasteiger partial charge in [-0.15, -0.1) is 11.6 Å². The minimum Gasteiger partial charge on any atom is -0.487 e. The Labute approximate surface area is 147 Å². The lowest BCUT2D eigenvalue weighted by molar-refractivity contribution is -0.122. The van der Waals surface area contributed by atoms with Gasteiger partial charge in [-0.05, 0) is 18.4 Å². The third-order valence-corrected chi connectivity index (χ3v) is 5.73. The Kier molecular flexibility index (Phi) is 5.18. The summed E-state index contributed by atoms with van der Waals surface area (Å²) in [6.45, 7) is 0.338. The van der Waals surface area contributed by atoms with Crippen LogP contribution in [0.5, 0.6) is 0 Å². The molecule has 24 heavy (non-hydrogen) atoms. The highest BCUT2D eigenvalue weighted by Gasteiger charge is 2.41. The summed E-state index contributed by atoms with van der Waals surface area (Å²) in [7, 11) is 0. The molecule has 0 bridgehead atoms. The molecule has 0 aromatic rings. The van der Waals surface area contributed by atoms with E-state index in [2.05, 4.69) is 0 Å². The quantitative estimate of drug-likeness (QED) is 0.609. The van der Waals surface area contributed by atoms with Gasteiger partial charge in [0, 0.05) is 6.42 Å². The summed E-state index contributed by atoms with van der Waals surface area (Å²) in [6.07, 6.45) is 10.9. The zero-order valence-corrected chi connectivity index (χ0v) is 14.5. The summed E-state index contributed by atoms with van der Waals surface area (Å²) in [4.78, 5) is 21.9. The highest BCUT2D eigenvalue weighted by molar-refractivity contribution is 6.36. The zero-order chi connectivity index (χ0) is 17.2. The van der Waals surface area contributed by atoms with E-state index in [4.69, 9.17) is 26.8 Å². The maximum Gasteiger partial charge on any atom is 0.243 e. The van der Waals surface area contributed by atoms with Crippen molar-refractivity contribution in [2.75, 3.05) is 6.61 Å². The molecule has 1 fully saturated rings. The fourth-order valence-electron chi connectivity index (χ4n) is 3.78. The Morgan fingerprint density at radius 2 is 2.17 bits per heavy atom. The molecule has 3 unspecified atom stereocenters. The number of carbonyl (C=O) groups excluding carboxylic acids is 2. The normalized spacial score (nSPS) is 31.6. The molecule has 3 aliphatic rings. The van der Waals surface area contributed by atoms with Gasteiger partial charge < -0.3 is 20.0 Å². The first-order valence-electron chi connectivity index (χ1n) is 8.68. The lowest BCUT2D eigenvalue weighted by Gasteiger charge is -2.36. The summed E-state index contributed by atoms with van der Waals surface area (Å²) < 4.78 is 11.7. The van der Waals surface area contributed by atoms with Gasteiger partial charge in [-0.25, -0.2) is 0 Å². The number of carbonyl (C=O) groups is 2. The SMILES string of the molecule is NC(=O)C1(Cl)C=CC2=C(C1)OC(C(C=O)CC1CCCCC1)CO2. The zero-order valence-electron chi connectivity index (χ0n) is 13.7. The second kappa shape index (κ2) is 7.18. The van der Waals surface area contributed by atoms with Crippen molar-refractivity contribution in [3.05, 3.63) is 23.7 Å². The fourth-order valence-corrected chi connectivity index (χ4v) is 3.96. The first kappa shape index (κ1) is 17.3. The number of ether oxygens (including phenoxy) is 2. The van der Waals surface area contributed by atoms with Crippen LogP contribution in [-0.2, 0) is 19.1 Å². The van der Waals surface area contributed by atoms with Crippen LogP contribution in [0.25, 0.3) is 0 Å². The molecule has 1 saturated carbocycles. The number of hydrogen-bond donors (Lipinski definition) is 1. The van der Waals surface area contributed by atoms with Crippen LogP contribution in [0, 0.1) is 11.8 Å². The Morgan fingerprint density at radius 1 is 1.42 bits per heavy atom. The second-order valence-corrected chi connectivity index (χ2v) is 7.71. The van der Waals surface area contributed by atoms with E-state index in [0.29, 0.717) is 24.0 Å². The molecule has 1 heterocycles. The van der Waals surface area contributed by atoms with E-state index in [1.54, 1.807) is 12.2 Å². The minimum absolute atomic E-state index is 0.154. The molecule has 0 spiro atoms. The Hall–Kier alpha value is -1.49. The highest BCUT2D eigenvalue weighted by atomic mass is 35.5. The average molecular weight is 354 g/mol. The van der Waals surface area contributed by atoms with E-state index in [-0.39, 0.29) is 18.4 Å². The number of allylic oxidation sites excluding steroid dienone is 2. The lowest BCUT2D eigenvalue weighted by atomic mass is 9.81. The van der Waals surface area contributed by atoms with Crippen LogP contribution in [0.15, 0.2) is 23.7 Å². The van der Waals surface area contributed by atoms with Gasteiger partial charge in [0.1, 0.15) is 29.6 Å². The van der Waals surface area contributed by atoms with Crippen molar-refractivity contribution in [3.8, 4) is 0 Å².